The number of pyridine rings is 1. The lowest BCUT2D eigenvalue weighted by atomic mass is 10.2. The Morgan fingerprint density at radius 2 is 2.21 bits per heavy atom. The van der Waals surface area contributed by atoms with E-state index in [1.54, 1.807) is 24.0 Å². The molecule has 7 heteroatoms. The van der Waals surface area contributed by atoms with Crippen molar-refractivity contribution >= 4 is 11.6 Å². The minimum Gasteiger partial charge on any atom is -0.462 e. The van der Waals surface area contributed by atoms with Crippen LogP contribution in [0.4, 0.5) is 4.39 Å². The molecule has 0 amide bonds. The molecule has 1 saturated carbocycles. The Morgan fingerprint density at radius 3 is 2.96 bits per heavy atom. The van der Waals surface area contributed by atoms with Gasteiger partial charge in [0.25, 0.3) is 0 Å². The highest BCUT2D eigenvalue weighted by Gasteiger charge is 2.27. The number of esters is 1. The van der Waals surface area contributed by atoms with Gasteiger partial charge < -0.3 is 4.74 Å². The van der Waals surface area contributed by atoms with Gasteiger partial charge in [-0.25, -0.2) is 9.78 Å². The van der Waals surface area contributed by atoms with E-state index < -0.39 is 5.97 Å². The third kappa shape index (κ3) is 2.66. The molecule has 6 nitrogen and oxygen atoms in total. The summed E-state index contributed by atoms with van der Waals surface area (Å²) in [5, 5.41) is 4.14. The number of nitrogens with zero attached hydrogens (tertiary/aromatic N) is 4. The number of carbonyl (C=O) groups is 1. The summed E-state index contributed by atoms with van der Waals surface area (Å²) in [6.45, 7) is 2.43. The van der Waals surface area contributed by atoms with Crippen molar-refractivity contribution in [3.8, 4) is 0 Å². The minimum atomic E-state index is -0.404. The van der Waals surface area contributed by atoms with Crippen molar-refractivity contribution < 1.29 is 13.9 Å². The average molecular weight is 328 g/mol. The number of fused-ring (bicyclic) bond motifs is 1. The lowest BCUT2D eigenvalue weighted by Crippen LogP contribution is -2.04. The summed E-state index contributed by atoms with van der Waals surface area (Å²) < 4.78 is 22.6. The lowest BCUT2D eigenvalue weighted by molar-refractivity contribution is 0.0526. The molecule has 3 aromatic heterocycles. The molecule has 0 aromatic carbocycles. The van der Waals surface area contributed by atoms with Crippen LogP contribution >= 0.6 is 0 Å². The molecule has 1 fully saturated rings. The van der Waals surface area contributed by atoms with Gasteiger partial charge in [0.2, 0.25) is 5.95 Å². The first-order chi connectivity index (χ1) is 11.7. The molecule has 0 atom stereocenters. The fourth-order valence-corrected chi connectivity index (χ4v) is 2.80. The SMILES string of the molecule is CCOC(=O)c1cnn(Cc2cn3c(F)c(C4CC4)ccc3n2)c1. The van der Waals surface area contributed by atoms with Gasteiger partial charge in [0.05, 0.1) is 30.6 Å². The van der Waals surface area contributed by atoms with Gasteiger partial charge in [0.15, 0.2) is 0 Å². The number of hydrogen-bond acceptors (Lipinski definition) is 4. The summed E-state index contributed by atoms with van der Waals surface area (Å²) >= 11 is 0. The zero-order valence-corrected chi connectivity index (χ0v) is 13.3. The van der Waals surface area contributed by atoms with Crippen LogP contribution < -0.4 is 0 Å². The van der Waals surface area contributed by atoms with E-state index in [4.69, 9.17) is 4.74 Å². The van der Waals surface area contributed by atoms with Gasteiger partial charge in [0.1, 0.15) is 5.65 Å². The molecule has 3 aromatic rings. The molecule has 124 valence electrons. The molecule has 0 radical (unpaired) electrons. The quantitative estimate of drug-likeness (QED) is 0.534. The molecular formula is C17H17FN4O2. The van der Waals surface area contributed by atoms with Crippen molar-refractivity contribution in [2.24, 2.45) is 0 Å². The summed E-state index contributed by atoms with van der Waals surface area (Å²) in [6, 6.07) is 3.67. The fourth-order valence-electron chi connectivity index (χ4n) is 2.80. The Hall–Kier alpha value is -2.70. The fraction of sp³-hybridized carbons (Fsp3) is 0.353. The summed E-state index contributed by atoms with van der Waals surface area (Å²) in [5.74, 6) is -0.293. The van der Waals surface area contributed by atoms with E-state index in [0.717, 1.165) is 18.4 Å². The Morgan fingerprint density at radius 1 is 1.38 bits per heavy atom. The molecule has 0 N–H and O–H groups in total. The van der Waals surface area contributed by atoms with Gasteiger partial charge in [-0.05, 0) is 31.7 Å². The van der Waals surface area contributed by atoms with E-state index in [-0.39, 0.29) is 5.95 Å². The van der Waals surface area contributed by atoms with Crippen molar-refractivity contribution in [2.75, 3.05) is 6.61 Å². The zero-order chi connectivity index (χ0) is 16.7. The van der Waals surface area contributed by atoms with E-state index in [1.807, 2.05) is 12.1 Å². The number of carbonyl (C=O) groups excluding carboxylic acids is 1. The Balaban J connectivity index is 1.58. The van der Waals surface area contributed by atoms with Gasteiger partial charge in [-0.1, -0.05) is 6.07 Å². The van der Waals surface area contributed by atoms with Crippen molar-refractivity contribution in [3.05, 3.63) is 53.5 Å². The topological polar surface area (TPSA) is 61.4 Å². The van der Waals surface area contributed by atoms with Gasteiger partial charge in [-0.2, -0.15) is 9.49 Å². The van der Waals surface area contributed by atoms with Crippen LogP contribution in [-0.4, -0.2) is 31.7 Å². The highest BCUT2D eigenvalue weighted by atomic mass is 19.1. The molecule has 1 aliphatic rings. The van der Waals surface area contributed by atoms with Gasteiger partial charge >= 0.3 is 5.97 Å². The normalized spacial score (nSPS) is 14.2. The first-order valence-electron chi connectivity index (χ1n) is 8.01. The second-order valence-electron chi connectivity index (χ2n) is 5.96. The predicted molar refractivity (Wildman–Crippen MR) is 84.4 cm³/mol. The van der Waals surface area contributed by atoms with E-state index >= 15 is 0 Å². The second-order valence-corrected chi connectivity index (χ2v) is 5.96. The molecular weight excluding hydrogens is 311 g/mol. The predicted octanol–water partition coefficient (Wildman–Crippen LogP) is 2.77. The van der Waals surface area contributed by atoms with Crippen LogP contribution in [0.3, 0.4) is 0 Å². The van der Waals surface area contributed by atoms with Gasteiger partial charge in [-0.15, -0.1) is 0 Å². The maximum Gasteiger partial charge on any atom is 0.341 e. The van der Waals surface area contributed by atoms with Gasteiger partial charge in [0, 0.05) is 18.0 Å². The highest BCUT2D eigenvalue weighted by molar-refractivity contribution is 5.88. The Bertz CT molecular complexity index is 911. The standard InChI is InChI=1S/C17H17FN4O2/c1-2-24-17(23)12-7-19-21(8-12)9-13-10-22-15(20-13)6-5-14(16(22)18)11-3-4-11/h5-8,10-11H,2-4,9H2,1H3. The molecule has 3 heterocycles. The van der Waals surface area contributed by atoms with E-state index in [1.165, 1.54) is 10.6 Å². The summed E-state index contributed by atoms with van der Waals surface area (Å²) in [5.41, 5.74) is 2.41. The molecule has 0 aliphatic heterocycles. The Kier molecular flexibility index (Phi) is 3.55. The van der Waals surface area contributed by atoms with Crippen molar-refractivity contribution in [1.82, 2.24) is 19.2 Å². The Labute approximate surface area is 137 Å². The number of imidazole rings is 1. The summed E-state index contributed by atoms with van der Waals surface area (Å²) in [7, 11) is 0. The molecule has 0 bridgehead atoms. The largest absolute Gasteiger partial charge is 0.462 e. The molecule has 4 rings (SSSR count). The monoisotopic (exact) mass is 328 g/mol. The van der Waals surface area contributed by atoms with Crippen LogP contribution in [0.15, 0.2) is 30.7 Å². The van der Waals surface area contributed by atoms with Crippen LogP contribution in [0.25, 0.3) is 5.65 Å². The van der Waals surface area contributed by atoms with Crippen LogP contribution in [0.5, 0.6) is 0 Å². The maximum absolute atomic E-state index is 14.5. The van der Waals surface area contributed by atoms with Gasteiger partial charge in [-0.3, -0.25) is 9.08 Å². The third-order valence-electron chi connectivity index (χ3n) is 4.13. The van der Waals surface area contributed by atoms with Crippen LogP contribution in [0, 0.1) is 5.95 Å². The number of halogens is 1. The third-order valence-corrected chi connectivity index (χ3v) is 4.13. The molecule has 1 aliphatic carbocycles. The van der Waals surface area contributed by atoms with Crippen molar-refractivity contribution in [1.29, 1.82) is 0 Å². The lowest BCUT2D eigenvalue weighted by Gasteiger charge is -2.02. The van der Waals surface area contributed by atoms with Crippen LogP contribution in [-0.2, 0) is 11.3 Å². The second kappa shape index (κ2) is 5.74. The van der Waals surface area contributed by atoms with Crippen LogP contribution in [0.2, 0.25) is 0 Å². The summed E-state index contributed by atoms with van der Waals surface area (Å²) in [6.07, 6.45) is 6.84. The van der Waals surface area contributed by atoms with Crippen molar-refractivity contribution in [3.63, 3.8) is 0 Å². The first kappa shape index (κ1) is 14.9. The number of hydrogen-bond donors (Lipinski definition) is 0. The number of aromatic nitrogens is 4. The summed E-state index contributed by atoms with van der Waals surface area (Å²) in [4.78, 5) is 16.1. The number of ether oxygens (including phenoxy) is 1. The first-order valence-corrected chi connectivity index (χ1v) is 8.01. The minimum absolute atomic E-state index is 0.235. The zero-order valence-electron chi connectivity index (χ0n) is 13.3. The maximum atomic E-state index is 14.5. The average Bonchev–Trinajstić information content (AvgIpc) is 3.14. The van der Waals surface area contributed by atoms with E-state index in [0.29, 0.717) is 36.0 Å². The molecule has 24 heavy (non-hydrogen) atoms. The van der Waals surface area contributed by atoms with Crippen molar-refractivity contribution in [2.45, 2.75) is 32.2 Å². The highest BCUT2D eigenvalue weighted by Crippen LogP contribution is 2.41. The molecule has 0 saturated heterocycles. The van der Waals surface area contributed by atoms with Crippen LogP contribution in [0.1, 0.15) is 47.3 Å². The van der Waals surface area contributed by atoms with E-state index in [2.05, 4.69) is 10.1 Å². The van der Waals surface area contributed by atoms with E-state index in [9.17, 15) is 9.18 Å². The molecule has 0 unspecified atom stereocenters. The molecule has 0 spiro atoms. The number of rotatable bonds is 5. The smallest absolute Gasteiger partial charge is 0.341 e.